The van der Waals surface area contributed by atoms with E-state index in [1.54, 1.807) is 12.1 Å². The Balaban J connectivity index is 1.79. The number of imidazole rings is 1. The van der Waals surface area contributed by atoms with Crippen LogP contribution in [-0.4, -0.2) is 26.0 Å². The molecule has 0 saturated carbocycles. The lowest BCUT2D eigenvalue weighted by atomic mass is 9.98. The summed E-state index contributed by atoms with van der Waals surface area (Å²) < 4.78 is 0.968. The van der Waals surface area contributed by atoms with Crippen LogP contribution in [0.3, 0.4) is 0 Å². The zero-order chi connectivity index (χ0) is 21.3. The van der Waals surface area contributed by atoms with Gasteiger partial charge in [0.15, 0.2) is 0 Å². The highest BCUT2D eigenvalue weighted by molar-refractivity contribution is 9.10. The van der Waals surface area contributed by atoms with Crippen molar-refractivity contribution in [2.24, 2.45) is 0 Å². The standard InChI is InChI=1S/C25H16BrN3O2/c1-12-21(17-4-2-3-5-20(17)27-12)24-28-22-18-10-13(25(30)31)6-8-15(18)16-9-7-14(26)11-19(16)23(22)29-24/h2-11,27H,1H3,(H,28,29)(H,30,31). The number of hydrogen-bond donors (Lipinski definition) is 3. The molecule has 0 radical (unpaired) electrons. The number of para-hydroxylation sites is 1. The molecule has 0 fully saturated rings. The highest BCUT2D eigenvalue weighted by atomic mass is 79.9. The number of carboxylic acid groups (broad SMARTS) is 1. The Kier molecular flexibility index (Phi) is 3.76. The van der Waals surface area contributed by atoms with E-state index >= 15 is 0 Å². The van der Waals surface area contributed by atoms with Crippen molar-refractivity contribution < 1.29 is 9.90 Å². The van der Waals surface area contributed by atoms with Gasteiger partial charge in [0.25, 0.3) is 0 Å². The quantitative estimate of drug-likeness (QED) is 0.244. The summed E-state index contributed by atoms with van der Waals surface area (Å²) in [4.78, 5) is 23.6. The van der Waals surface area contributed by atoms with E-state index in [0.717, 1.165) is 65.0 Å². The maximum Gasteiger partial charge on any atom is 0.335 e. The van der Waals surface area contributed by atoms with Crippen LogP contribution in [0.1, 0.15) is 16.1 Å². The molecule has 0 unspecified atom stereocenters. The minimum atomic E-state index is -0.946. The van der Waals surface area contributed by atoms with Gasteiger partial charge in [-0.05, 0) is 48.0 Å². The number of hydrogen-bond acceptors (Lipinski definition) is 2. The van der Waals surface area contributed by atoms with Crippen LogP contribution >= 0.6 is 15.9 Å². The van der Waals surface area contributed by atoms with Gasteiger partial charge in [-0.2, -0.15) is 0 Å². The topological polar surface area (TPSA) is 81.8 Å². The van der Waals surface area contributed by atoms with Crippen LogP contribution in [0.4, 0.5) is 0 Å². The lowest BCUT2D eigenvalue weighted by molar-refractivity contribution is 0.0697. The summed E-state index contributed by atoms with van der Waals surface area (Å²) in [5.74, 6) is -0.183. The summed E-state index contributed by atoms with van der Waals surface area (Å²) in [5, 5.41) is 14.5. The Morgan fingerprint density at radius 3 is 2.52 bits per heavy atom. The molecule has 0 atom stereocenters. The third-order valence-corrected chi connectivity index (χ3v) is 6.39. The maximum atomic E-state index is 11.6. The molecule has 0 bridgehead atoms. The number of carboxylic acids is 1. The number of rotatable bonds is 2. The summed E-state index contributed by atoms with van der Waals surface area (Å²) in [7, 11) is 0. The Morgan fingerprint density at radius 2 is 1.68 bits per heavy atom. The van der Waals surface area contributed by atoms with Crippen molar-refractivity contribution in [1.29, 1.82) is 0 Å². The normalized spacial score (nSPS) is 11.8. The first-order chi connectivity index (χ1) is 15.0. The number of benzene rings is 4. The average molecular weight is 470 g/mol. The molecule has 6 rings (SSSR count). The smallest absolute Gasteiger partial charge is 0.335 e. The van der Waals surface area contributed by atoms with E-state index < -0.39 is 5.97 Å². The Hall–Kier alpha value is -3.64. The van der Waals surface area contributed by atoms with Gasteiger partial charge in [-0.1, -0.05) is 46.3 Å². The number of carbonyl (C=O) groups is 1. The lowest BCUT2D eigenvalue weighted by Crippen LogP contribution is -1.95. The monoisotopic (exact) mass is 469 g/mol. The van der Waals surface area contributed by atoms with Crippen molar-refractivity contribution in [2.45, 2.75) is 6.92 Å². The molecule has 2 heterocycles. The van der Waals surface area contributed by atoms with Crippen molar-refractivity contribution in [3.05, 3.63) is 76.4 Å². The van der Waals surface area contributed by atoms with E-state index in [0.29, 0.717) is 0 Å². The highest BCUT2D eigenvalue weighted by Crippen LogP contribution is 2.38. The van der Waals surface area contributed by atoms with Crippen LogP contribution in [-0.2, 0) is 0 Å². The molecular weight excluding hydrogens is 454 g/mol. The largest absolute Gasteiger partial charge is 0.478 e. The Labute approximate surface area is 184 Å². The number of halogens is 1. The Bertz CT molecular complexity index is 1690. The van der Waals surface area contributed by atoms with Crippen LogP contribution in [0.2, 0.25) is 0 Å². The number of aryl methyl sites for hydroxylation is 1. The number of aromatic amines is 2. The van der Waals surface area contributed by atoms with Crippen LogP contribution in [0, 0.1) is 6.92 Å². The van der Waals surface area contributed by atoms with E-state index in [4.69, 9.17) is 4.98 Å². The number of fused-ring (bicyclic) bond motifs is 7. The molecule has 0 amide bonds. The minimum absolute atomic E-state index is 0.254. The molecule has 150 valence electrons. The van der Waals surface area contributed by atoms with E-state index in [9.17, 15) is 9.90 Å². The van der Waals surface area contributed by atoms with Gasteiger partial charge in [0, 0.05) is 37.4 Å². The van der Waals surface area contributed by atoms with E-state index in [-0.39, 0.29) is 5.56 Å². The van der Waals surface area contributed by atoms with Gasteiger partial charge in [-0.15, -0.1) is 0 Å². The van der Waals surface area contributed by atoms with Crippen molar-refractivity contribution >= 4 is 65.4 Å². The molecule has 6 aromatic rings. The SMILES string of the molecule is Cc1[nH]c2ccccc2c1-c1nc2c3cc(Br)ccc3c3ccc(C(=O)O)cc3c2[nH]1. The minimum Gasteiger partial charge on any atom is -0.478 e. The van der Waals surface area contributed by atoms with E-state index in [2.05, 4.69) is 44.1 Å². The first kappa shape index (κ1) is 18.2. The molecule has 3 N–H and O–H groups in total. The second kappa shape index (κ2) is 6.43. The summed E-state index contributed by atoms with van der Waals surface area (Å²) >= 11 is 3.58. The predicted octanol–water partition coefficient (Wildman–Crippen LogP) is 6.79. The lowest BCUT2D eigenvalue weighted by Gasteiger charge is -2.07. The molecule has 6 heteroatoms. The van der Waals surface area contributed by atoms with Gasteiger partial charge < -0.3 is 15.1 Å². The number of aromatic carboxylic acids is 1. The van der Waals surface area contributed by atoms with Gasteiger partial charge in [-0.25, -0.2) is 9.78 Å². The third kappa shape index (κ3) is 2.61. The van der Waals surface area contributed by atoms with Crippen LogP contribution in [0.25, 0.3) is 54.9 Å². The predicted molar refractivity (Wildman–Crippen MR) is 128 cm³/mol. The highest BCUT2D eigenvalue weighted by Gasteiger charge is 2.18. The van der Waals surface area contributed by atoms with Gasteiger partial charge in [-0.3, -0.25) is 0 Å². The first-order valence-electron chi connectivity index (χ1n) is 9.87. The van der Waals surface area contributed by atoms with Crippen molar-refractivity contribution in [3.63, 3.8) is 0 Å². The Morgan fingerprint density at radius 1 is 0.903 bits per heavy atom. The fourth-order valence-corrected chi connectivity index (χ4v) is 4.89. The van der Waals surface area contributed by atoms with Crippen LogP contribution in [0.5, 0.6) is 0 Å². The molecule has 5 nitrogen and oxygen atoms in total. The fraction of sp³-hybridized carbons (Fsp3) is 0.0400. The number of aromatic nitrogens is 3. The molecule has 0 saturated heterocycles. The zero-order valence-electron chi connectivity index (χ0n) is 16.5. The molecule has 0 aliphatic heterocycles. The second-order valence-corrected chi connectivity index (χ2v) is 8.65. The average Bonchev–Trinajstić information content (AvgIpc) is 3.33. The number of nitrogens with one attached hydrogen (secondary N) is 2. The summed E-state index contributed by atoms with van der Waals surface area (Å²) in [6.07, 6.45) is 0. The first-order valence-corrected chi connectivity index (χ1v) is 10.7. The van der Waals surface area contributed by atoms with E-state index in [1.807, 2.05) is 37.3 Å². The molecule has 0 aliphatic carbocycles. The molecule has 31 heavy (non-hydrogen) atoms. The zero-order valence-corrected chi connectivity index (χ0v) is 18.0. The number of H-pyrrole nitrogens is 2. The van der Waals surface area contributed by atoms with E-state index in [1.165, 1.54) is 0 Å². The molecular formula is C25H16BrN3O2. The van der Waals surface area contributed by atoms with Crippen LogP contribution in [0.15, 0.2) is 65.1 Å². The molecule has 4 aromatic carbocycles. The van der Waals surface area contributed by atoms with Gasteiger partial charge in [0.05, 0.1) is 16.6 Å². The van der Waals surface area contributed by atoms with Gasteiger partial charge >= 0.3 is 5.97 Å². The molecule has 0 spiro atoms. The molecule has 2 aromatic heterocycles. The van der Waals surface area contributed by atoms with Crippen LogP contribution < -0.4 is 0 Å². The molecule has 0 aliphatic rings. The van der Waals surface area contributed by atoms with Crippen molar-refractivity contribution in [1.82, 2.24) is 15.0 Å². The van der Waals surface area contributed by atoms with Gasteiger partial charge in [0.2, 0.25) is 0 Å². The second-order valence-electron chi connectivity index (χ2n) is 7.74. The maximum absolute atomic E-state index is 11.6. The fourth-order valence-electron chi connectivity index (χ4n) is 4.53. The van der Waals surface area contributed by atoms with Crippen molar-refractivity contribution in [2.75, 3.05) is 0 Å². The summed E-state index contributed by atoms with van der Waals surface area (Å²) in [6.45, 7) is 2.04. The summed E-state index contributed by atoms with van der Waals surface area (Å²) in [5.41, 5.74) is 5.03. The summed E-state index contributed by atoms with van der Waals surface area (Å²) in [6, 6.07) is 19.5. The van der Waals surface area contributed by atoms with Gasteiger partial charge in [0.1, 0.15) is 5.82 Å². The number of nitrogens with zero attached hydrogens (tertiary/aromatic N) is 1. The van der Waals surface area contributed by atoms with Crippen molar-refractivity contribution in [3.8, 4) is 11.4 Å². The third-order valence-electron chi connectivity index (χ3n) is 5.90.